The Morgan fingerprint density at radius 3 is 2.65 bits per heavy atom. The Balaban J connectivity index is 1.86. The minimum absolute atomic E-state index is 0.189. The monoisotopic (exact) mass is 242 g/mol. The molecule has 100 valence electrons. The molecule has 0 bridgehead atoms. The van der Waals surface area contributed by atoms with Crippen molar-refractivity contribution in [2.45, 2.75) is 33.1 Å². The highest BCUT2D eigenvalue weighted by atomic mass is 16.5. The zero-order chi connectivity index (χ0) is 12.5. The fourth-order valence-corrected chi connectivity index (χ4v) is 1.72. The molecule has 17 heavy (non-hydrogen) atoms. The first kappa shape index (κ1) is 14.5. The minimum atomic E-state index is 0.189. The van der Waals surface area contributed by atoms with Crippen LogP contribution in [0, 0.1) is 5.92 Å². The molecule has 1 N–H and O–H groups in total. The van der Waals surface area contributed by atoms with Crippen LogP contribution in [-0.2, 0) is 9.53 Å². The van der Waals surface area contributed by atoms with Crippen LogP contribution < -0.4 is 5.32 Å². The van der Waals surface area contributed by atoms with Crippen molar-refractivity contribution in [3.8, 4) is 0 Å². The molecule has 0 aliphatic heterocycles. The topological polar surface area (TPSA) is 41.6 Å². The van der Waals surface area contributed by atoms with Gasteiger partial charge in [0, 0.05) is 26.3 Å². The lowest BCUT2D eigenvalue weighted by Crippen LogP contribution is -2.38. The van der Waals surface area contributed by atoms with E-state index in [2.05, 4.69) is 5.32 Å². The number of nitrogens with one attached hydrogen (secondary N) is 1. The van der Waals surface area contributed by atoms with Gasteiger partial charge in [0.15, 0.2) is 0 Å². The van der Waals surface area contributed by atoms with Gasteiger partial charge in [-0.3, -0.25) is 4.79 Å². The fraction of sp³-hybridized carbons (Fsp3) is 0.923. The Hall–Kier alpha value is -0.610. The van der Waals surface area contributed by atoms with Crippen molar-refractivity contribution >= 4 is 5.91 Å². The Labute approximate surface area is 105 Å². The Morgan fingerprint density at radius 1 is 1.35 bits per heavy atom. The molecule has 4 nitrogen and oxygen atoms in total. The molecule has 1 amide bonds. The van der Waals surface area contributed by atoms with E-state index in [1.54, 1.807) is 0 Å². The highest BCUT2D eigenvalue weighted by molar-refractivity contribution is 5.78. The maximum atomic E-state index is 11.6. The van der Waals surface area contributed by atoms with Crippen molar-refractivity contribution < 1.29 is 9.53 Å². The van der Waals surface area contributed by atoms with Crippen molar-refractivity contribution in [3.63, 3.8) is 0 Å². The summed E-state index contributed by atoms with van der Waals surface area (Å²) in [5.41, 5.74) is 0. The third-order valence-electron chi connectivity index (χ3n) is 3.09. The molecule has 1 rings (SSSR count). The number of hydrogen-bond donors (Lipinski definition) is 1. The molecular formula is C13H26N2O2. The smallest absolute Gasteiger partial charge is 0.236 e. The van der Waals surface area contributed by atoms with Crippen LogP contribution in [0.5, 0.6) is 0 Å². The summed E-state index contributed by atoms with van der Waals surface area (Å²) in [5, 5.41) is 3.17. The van der Waals surface area contributed by atoms with Gasteiger partial charge in [0.1, 0.15) is 0 Å². The van der Waals surface area contributed by atoms with E-state index in [9.17, 15) is 4.79 Å². The molecule has 1 aliphatic carbocycles. The second-order valence-corrected chi connectivity index (χ2v) is 4.61. The first-order valence-corrected chi connectivity index (χ1v) is 6.84. The van der Waals surface area contributed by atoms with Crippen LogP contribution in [0.25, 0.3) is 0 Å². The molecule has 1 aliphatic rings. The maximum Gasteiger partial charge on any atom is 0.236 e. The van der Waals surface area contributed by atoms with Gasteiger partial charge in [0.05, 0.1) is 6.54 Å². The molecule has 0 aromatic heterocycles. The zero-order valence-corrected chi connectivity index (χ0v) is 11.2. The minimum Gasteiger partial charge on any atom is -0.381 e. The van der Waals surface area contributed by atoms with Crippen LogP contribution in [0.3, 0.4) is 0 Å². The van der Waals surface area contributed by atoms with E-state index in [0.717, 1.165) is 45.2 Å². The lowest BCUT2D eigenvalue weighted by atomic mass is 10.4. The van der Waals surface area contributed by atoms with Gasteiger partial charge < -0.3 is 15.0 Å². The highest BCUT2D eigenvalue weighted by Gasteiger charge is 2.20. The van der Waals surface area contributed by atoms with Gasteiger partial charge in [-0.25, -0.2) is 0 Å². The summed E-state index contributed by atoms with van der Waals surface area (Å²) in [5.74, 6) is 1.03. The predicted molar refractivity (Wildman–Crippen MR) is 69.0 cm³/mol. The maximum absolute atomic E-state index is 11.6. The quantitative estimate of drug-likeness (QED) is 0.586. The van der Waals surface area contributed by atoms with E-state index < -0.39 is 0 Å². The van der Waals surface area contributed by atoms with Gasteiger partial charge in [0.2, 0.25) is 5.91 Å². The molecule has 0 saturated heterocycles. The van der Waals surface area contributed by atoms with Crippen LogP contribution in [0.1, 0.15) is 33.1 Å². The normalized spacial score (nSPS) is 14.9. The van der Waals surface area contributed by atoms with Crippen molar-refractivity contribution in [2.75, 3.05) is 39.4 Å². The summed E-state index contributed by atoms with van der Waals surface area (Å²) in [7, 11) is 0. The summed E-state index contributed by atoms with van der Waals surface area (Å²) < 4.78 is 5.52. The molecular weight excluding hydrogens is 216 g/mol. The van der Waals surface area contributed by atoms with E-state index in [1.807, 2.05) is 18.7 Å². The number of carbonyl (C=O) groups excluding carboxylic acids is 1. The molecule has 0 unspecified atom stereocenters. The van der Waals surface area contributed by atoms with Crippen LogP contribution >= 0.6 is 0 Å². The van der Waals surface area contributed by atoms with Crippen molar-refractivity contribution in [2.24, 2.45) is 5.92 Å². The van der Waals surface area contributed by atoms with Crippen LogP contribution in [0.15, 0.2) is 0 Å². The number of rotatable bonds is 10. The van der Waals surface area contributed by atoms with Gasteiger partial charge in [-0.05, 0) is 45.6 Å². The Kier molecular flexibility index (Phi) is 7.21. The van der Waals surface area contributed by atoms with Crippen molar-refractivity contribution in [1.82, 2.24) is 10.2 Å². The Morgan fingerprint density at radius 2 is 2.06 bits per heavy atom. The number of nitrogens with zero attached hydrogens (tertiary/aromatic N) is 1. The summed E-state index contributed by atoms with van der Waals surface area (Å²) in [6.07, 6.45) is 3.67. The second-order valence-electron chi connectivity index (χ2n) is 4.61. The number of carbonyl (C=O) groups is 1. The summed E-state index contributed by atoms with van der Waals surface area (Å²) in [6.45, 7) is 8.65. The molecule has 0 aromatic rings. The standard InChI is InChI=1S/C13H26N2O2/c1-3-15(4-2)13(16)10-14-8-5-9-17-11-12-6-7-12/h12,14H,3-11H2,1-2H3. The fourth-order valence-electron chi connectivity index (χ4n) is 1.72. The van der Waals surface area contributed by atoms with Gasteiger partial charge in [-0.1, -0.05) is 0 Å². The van der Waals surface area contributed by atoms with E-state index in [1.165, 1.54) is 12.8 Å². The number of likely N-dealkylation sites (N-methyl/N-ethyl adjacent to an activating group) is 1. The van der Waals surface area contributed by atoms with E-state index in [4.69, 9.17) is 4.74 Å². The average molecular weight is 242 g/mol. The van der Waals surface area contributed by atoms with Crippen molar-refractivity contribution in [1.29, 1.82) is 0 Å². The first-order valence-electron chi connectivity index (χ1n) is 6.84. The SMILES string of the molecule is CCN(CC)C(=O)CNCCCOCC1CC1. The van der Waals surface area contributed by atoms with Gasteiger partial charge >= 0.3 is 0 Å². The number of amides is 1. The lowest BCUT2D eigenvalue weighted by Gasteiger charge is -2.18. The summed E-state index contributed by atoms with van der Waals surface area (Å²) >= 11 is 0. The molecule has 0 aromatic carbocycles. The third-order valence-corrected chi connectivity index (χ3v) is 3.09. The van der Waals surface area contributed by atoms with Crippen molar-refractivity contribution in [3.05, 3.63) is 0 Å². The molecule has 1 saturated carbocycles. The van der Waals surface area contributed by atoms with Gasteiger partial charge in [0.25, 0.3) is 0 Å². The van der Waals surface area contributed by atoms with E-state index in [0.29, 0.717) is 6.54 Å². The summed E-state index contributed by atoms with van der Waals surface area (Å²) in [6, 6.07) is 0. The average Bonchev–Trinajstić information content (AvgIpc) is 3.13. The first-order chi connectivity index (χ1) is 8.27. The largest absolute Gasteiger partial charge is 0.381 e. The second kappa shape index (κ2) is 8.48. The van der Waals surface area contributed by atoms with E-state index >= 15 is 0 Å². The highest BCUT2D eigenvalue weighted by Crippen LogP contribution is 2.28. The van der Waals surface area contributed by atoms with Crippen LogP contribution in [0.2, 0.25) is 0 Å². The molecule has 1 fully saturated rings. The van der Waals surface area contributed by atoms with E-state index in [-0.39, 0.29) is 5.91 Å². The number of ether oxygens (including phenoxy) is 1. The van der Waals surface area contributed by atoms with Gasteiger partial charge in [-0.2, -0.15) is 0 Å². The summed E-state index contributed by atoms with van der Waals surface area (Å²) in [4.78, 5) is 13.5. The van der Waals surface area contributed by atoms with Crippen LogP contribution in [-0.4, -0.2) is 50.2 Å². The van der Waals surface area contributed by atoms with Crippen LogP contribution in [0.4, 0.5) is 0 Å². The third kappa shape index (κ3) is 6.64. The lowest BCUT2D eigenvalue weighted by molar-refractivity contribution is -0.129. The number of hydrogen-bond acceptors (Lipinski definition) is 3. The molecule has 4 heteroatoms. The predicted octanol–water partition coefficient (Wildman–Crippen LogP) is 1.26. The molecule has 0 heterocycles. The molecule has 0 atom stereocenters. The Bertz CT molecular complexity index is 213. The molecule has 0 radical (unpaired) electrons. The zero-order valence-electron chi connectivity index (χ0n) is 11.2. The van der Waals surface area contributed by atoms with Gasteiger partial charge in [-0.15, -0.1) is 0 Å². The molecule has 0 spiro atoms.